The lowest BCUT2D eigenvalue weighted by atomic mass is 10.1. The van der Waals surface area contributed by atoms with Crippen LogP contribution in [0.1, 0.15) is 25.0 Å². The fourth-order valence-electron chi connectivity index (χ4n) is 2.76. The van der Waals surface area contributed by atoms with Gasteiger partial charge in [0.2, 0.25) is 0 Å². The molecule has 0 bridgehead atoms. The third kappa shape index (κ3) is 2.89. The SMILES string of the molecule is CCSC1=C(c2ccccc2)C(=O)N(c2ccc(CC)cc2)C1=O. The molecule has 3 nitrogen and oxygen atoms in total. The van der Waals surface area contributed by atoms with Gasteiger partial charge < -0.3 is 0 Å². The summed E-state index contributed by atoms with van der Waals surface area (Å²) < 4.78 is 0. The molecule has 1 heterocycles. The number of thioether (sulfide) groups is 1. The molecule has 2 amide bonds. The summed E-state index contributed by atoms with van der Waals surface area (Å²) in [5.41, 5.74) is 3.10. The number of carbonyl (C=O) groups excluding carboxylic acids is 2. The van der Waals surface area contributed by atoms with Gasteiger partial charge >= 0.3 is 0 Å². The Balaban J connectivity index is 2.04. The fourth-order valence-corrected chi connectivity index (χ4v) is 3.62. The standard InChI is InChI=1S/C20H19NO2S/c1-3-14-10-12-16(13-11-14)21-19(22)17(15-8-6-5-7-9-15)18(20(21)23)24-4-2/h5-13H,3-4H2,1-2H3. The maximum absolute atomic E-state index is 13.0. The van der Waals surface area contributed by atoms with Crippen LogP contribution in [0.2, 0.25) is 0 Å². The van der Waals surface area contributed by atoms with E-state index in [1.165, 1.54) is 22.2 Å². The van der Waals surface area contributed by atoms with Crippen molar-refractivity contribution in [1.29, 1.82) is 0 Å². The second-order valence-corrected chi connectivity index (χ2v) is 6.74. The Kier molecular flexibility index (Phi) is 4.86. The van der Waals surface area contributed by atoms with Crippen molar-refractivity contribution in [3.63, 3.8) is 0 Å². The van der Waals surface area contributed by atoms with Gasteiger partial charge in [-0.15, -0.1) is 11.8 Å². The van der Waals surface area contributed by atoms with Crippen LogP contribution in [0.25, 0.3) is 5.57 Å². The first kappa shape index (κ1) is 16.5. The Bertz CT molecular complexity index is 794. The van der Waals surface area contributed by atoms with Crippen LogP contribution in [0.4, 0.5) is 5.69 Å². The number of carbonyl (C=O) groups is 2. The number of amides is 2. The number of benzene rings is 2. The molecule has 4 heteroatoms. The Morgan fingerprint density at radius 3 is 2.12 bits per heavy atom. The van der Waals surface area contributed by atoms with Crippen LogP contribution >= 0.6 is 11.8 Å². The third-order valence-corrected chi connectivity index (χ3v) is 4.95. The van der Waals surface area contributed by atoms with Gasteiger partial charge in [-0.05, 0) is 35.4 Å². The van der Waals surface area contributed by atoms with Crippen LogP contribution in [0, 0.1) is 0 Å². The predicted molar refractivity (Wildman–Crippen MR) is 99.8 cm³/mol. The number of hydrogen-bond donors (Lipinski definition) is 0. The summed E-state index contributed by atoms with van der Waals surface area (Å²) in [6.45, 7) is 4.06. The smallest absolute Gasteiger partial charge is 0.268 e. The summed E-state index contributed by atoms with van der Waals surface area (Å²) in [5.74, 6) is 0.272. The molecule has 0 spiro atoms. The molecular formula is C20H19NO2S. The molecule has 3 rings (SSSR count). The predicted octanol–water partition coefficient (Wildman–Crippen LogP) is 4.29. The molecule has 0 saturated heterocycles. The minimum Gasteiger partial charge on any atom is -0.268 e. The van der Waals surface area contributed by atoms with Gasteiger partial charge in [0.25, 0.3) is 11.8 Å². The molecule has 1 aliphatic rings. The highest BCUT2D eigenvalue weighted by atomic mass is 32.2. The molecule has 0 atom stereocenters. The average molecular weight is 337 g/mol. The summed E-state index contributed by atoms with van der Waals surface area (Å²) in [6, 6.07) is 17.0. The number of hydrogen-bond acceptors (Lipinski definition) is 3. The average Bonchev–Trinajstić information content (AvgIpc) is 2.86. The van der Waals surface area contributed by atoms with E-state index in [1.807, 2.05) is 61.5 Å². The van der Waals surface area contributed by atoms with Gasteiger partial charge in [-0.3, -0.25) is 9.59 Å². The first-order valence-corrected chi connectivity index (χ1v) is 9.06. The fraction of sp³-hybridized carbons (Fsp3) is 0.200. The van der Waals surface area contributed by atoms with E-state index in [2.05, 4.69) is 6.92 Å². The molecule has 2 aromatic rings. The summed E-state index contributed by atoms with van der Waals surface area (Å²) in [6.07, 6.45) is 0.923. The van der Waals surface area contributed by atoms with Crippen molar-refractivity contribution < 1.29 is 9.59 Å². The molecular weight excluding hydrogens is 318 g/mol. The van der Waals surface area contributed by atoms with Crippen molar-refractivity contribution >= 4 is 34.8 Å². The maximum atomic E-state index is 13.0. The van der Waals surface area contributed by atoms with E-state index < -0.39 is 0 Å². The van der Waals surface area contributed by atoms with E-state index in [1.54, 1.807) is 0 Å². The summed E-state index contributed by atoms with van der Waals surface area (Å²) in [4.78, 5) is 27.7. The first-order chi connectivity index (χ1) is 11.7. The Hall–Kier alpha value is -2.33. The number of rotatable bonds is 5. The molecule has 0 unspecified atom stereocenters. The number of nitrogens with zero attached hydrogens (tertiary/aromatic N) is 1. The van der Waals surface area contributed by atoms with E-state index >= 15 is 0 Å². The van der Waals surface area contributed by atoms with Crippen LogP contribution < -0.4 is 4.90 Å². The van der Waals surface area contributed by atoms with E-state index in [9.17, 15) is 9.59 Å². The minimum absolute atomic E-state index is 0.227. The zero-order chi connectivity index (χ0) is 17.1. The van der Waals surface area contributed by atoms with E-state index in [0.717, 1.165) is 17.7 Å². The van der Waals surface area contributed by atoms with E-state index in [4.69, 9.17) is 0 Å². The highest BCUT2D eigenvalue weighted by Gasteiger charge is 2.39. The molecule has 0 aromatic heterocycles. The van der Waals surface area contributed by atoms with Crippen LogP contribution in [0.3, 0.4) is 0 Å². The molecule has 122 valence electrons. The summed E-state index contributed by atoms with van der Waals surface area (Å²) >= 11 is 1.43. The minimum atomic E-state index is -0.244. The first-order valence-electron chi connectivity index (χ1n) is 8.07. The summed E-state index contributed by atoms with van der Waals surface area (Å²) in [7, 11) is 0. The lowest BCUT2D eigenvalue weighted by Crippen LogP contribution is -2.31. The van der Waals surface area contributed by atoms with Gasteiger partial charge in [0.1, 0.15) is 0 Å². The van der Waals surface area contributed by atoms with Crippen LogP contribution in [-0.2, 0) is 16.0 Å². The van der Waals surface area contributed by atoms with Gasteiger partial charge in [-0.1, -0.05) is 56.3 Å². The van der Waals surface area contributed by atoms with Crippen molar-refractivity contribution in [2.75, 3.05) is 10.7 Å². The zero-order valence-corrected chi connectivity index (χ0v) is 14.6. The summed E-state index contributed by atoms with van der Waals surface area (Å²) in [5, 5.41) is 0. The maximum Gasteiger partial charge on any atom is 0.272 e. The van der Waals surface area contributed by atoms with Gasteiger partial charge in [0.05, 0.1) is 16.2 Å². The van der Waals surface area contributed by atoms with E-state index in [0.29, 0.717) is 16.2 Å². The second-order valence-electron chi connectivity index (χ2n) is 5.47. The molecule has 0 aliphatic carbocycles. The number of anilines is 1. The zero-order valence-electron chi connectivity index (χ0n) is 13.8. The van der Waals surface area contributed by atoms with E-state index in [-0.39, 0.29) is 11.8 Å². The van der Waals surface area contributed by atoms with Gasteiger partial charge in [-0.25, -0.2) is 4.90 Å². The molecule has 0 saturated carbocycles. The second kappa shape index (κ2) is 7.05. The quantitative estimate of drug-likeness (QED) is 0.764. The molecule has 24 heavy (non-hydrogen) atoms. The van der Waals surface area contributed by atoms with Crippen molar-refractivity contribution in [3.8, 4) is 0 Å². The molecule has 0 fully saturated rings. The van der Waals surface area contributed by atoms with Crippen LogP contribution in [0.5, 0.6) is 0 Å². The van der Waals surface area contributed by atoms with Crippen molar-refractivity contribution in [2.45, 2.75) is 20.3 Å². The van der Waals surface area contributed by atoms with Crippen molar-refractivity contribution in [2.24, 2.45) is 0 Å². The monoisotopic (exact) mass is 337 g/mol. The third-order valence-electron chi connectivity index (χ3n) is 4.00. The molecule has 0 N–H and O–H groups in total. The Labute approximate surface area is 146 Å². The van der Waals surface area contributed by atoms with Gasteiger partial charge in [-0.2, -0.15) is 0 Å². The Morgan fingerprint density at radius 2 is 1.54 bits per heavy atom. The van der Waals surface area contributed by atoms with Crippen LogP contribution in [-0.4, -0.2) is 17.6 Å². The molecule has 0 radical (unpaired) electrons. The van der Waals surface area contributed by atoms with Gasteiger partial charge in [0, 0.05) is 0 Å². The van der Waals surface area contributed by atoms with Crippen LogP contribution in [0.15, 0.2) is 59.5 Å². The van der Waals surface area contributed by atoms with Crippen molar-refractivity contribution in [1.82, 2.24) is 0 Å². The number of imide groups is 1. The highest BCUT2D eigenvalue weighted by molar-refractivity contribution is 8.04. The number of aryl methyl sites for hydroxylation is 1. The Morgan fingerprint density at radius 1 is 0.875 bits per heavy atom. The molecule has 2 aromatic carbocycles. The largest absolute Gasteiger partial charge is 0.272 e. The van der Waals surface area contributed by atoms with Gasteiger partial charge in [0.15, 0.2) is 0 Å². The highest BCUT2D eigenvalue weighted by Crippen LogP contribution is 2.38. The lowest BCUT2D eigenvalue weighted by Gasteiger charge is -2.15. The molecule has 1 aliphatic heterocycles. The topological polar surface area (TPSA) is 37.4 Å². The lowest BCUT2D eigenvalue weighted by molar-refractivity contribution is -0.119. The van der Waals surface area contributed by atoms with Crippen molar-refractivity contribution in [3.05, 3.63) is 70.6 Å². The normalized spacial score (nSPS) is 14.7.